The summed E-state index contributed by atoms with van der Waals surface area (Å²) in [6.07, 6.45) is 3.63. The lowest BCUT2D eigenvalue weighted by Gasteiger charge is -2.26. The maximum Gasteiger partial charge on any atom is 0.349 e. The summed E-state index contributed by atoms with van der Waals surface area (Å²) in [5.74, 6) is -0.804. The number of carboxylic acids is 1. The van der Waals surface area contributed by atoms with Gasteiger partial charge in [-0.15, -0.1) is 0 Å². The fourth-order valence-corrected chi connectivity index (χ4v) is 4.38. The van der Waals surface area contributed by atoms with E-state index in [1.54, 1.807) is 0 Å². The molecule has 1 atom stereocenters. The Bertz CT molecular complexity index is 991. The minimum Gasteiger partial charge on any atom is -0.490 e. The summed E-state index contributed by atoms with van der Waals surface area (Å²) in [6.45, 7) is 7.89. The molecule has 4 rings (SSSR count). The van der Waals surface area contributed by atoms with Gasteiger partial charge in [-0.2, -0.15) is 0 Å². The smallest absolute Gasteiger partial charge is 0.349 e. The molecule has 1 heterocycles. The quantitative estimate of drug-likeness (QED) is 0.646. The van der Waals surface area contributed by atoms with E-state index in [2.05, 4.69) is 6.58 Å². The second-order valence-electron chi connectivity index (χ2n) is 7.85. The Morgan fingerprint density at radius 1 is 1.38 bits per heavy atom. The van der Waals surface area contributed by atoms with Gasteiger partial charge in [-0.1, -0.05) is 18.7 Å². The Morgan fingerprint density at radius 2 is 2.14 bits per heavy atom. The Hall–Kier alpha value is -2.82. The van der Waals surface area contributed by atoms with Crippen LogP contribution in [0.4, 0.5) is 4.39 Å². The summed E-state index contributed by atoms with van der Waals surface area (Å²) < 4.78 is 26.0. The number of aliphatic carboxylic acids is 1. The number of carbonyl (C=O) groups is 1. The lowest BCUT2D eigenvalue weighted by Crippen LogP contribution is -2.17. The van der Waals surface area contributed by atoms with E-state index in [0.717, 1.165) is 65.3 Å². The van der Waals surface area contributed by atoms with Gasteiger partial charge in [-0.05, 0) is 79.3 Å². The van der Waals surface area contributed by atoms with E-state index < -0.39 is 17.9 Å². The first-order valence-electron chi connectivity index (χ1n) is 10.0. The summed E-state index contributed by atoms with van der Waals surface area (Å²) >= 11 is 0. The highest BCUT2D eigenvalue weighted by molar-refractivity contribution is 5.85. The molecule has 0 radical (unpaired) electrons. The fraction of sp³-hybridized carbons (Fsp3) is 0.375. The minimum absolute atomic E-state index is 0.330. The number of hydrogen-bond acceptors (Lipinski definition) is 3. The zero-order valence-electron chi connectivity index (χ0n) is 16.8. The first-order valence-corrected chi connectivity index (χ1v) is 10.0. The van der Waals surface area contributed by atoms with Crippen molar-refractivity contribution in [3.05, 3.63) is 64.7 Å². The van der Waals surface area contributed by atoms with E-state index in [4.69, 9.17) is 9.47 Å². The molecule has 5 heteroatoms. The van der Waals surface area contributed by atoms with Crippen molar-refractivity contribution in [1.29, 1.82) is 0 Å². The van der Waals surface area contributed by atoms with Crippen molar-refractivity contribution < 1.29 is 23.8 Å². The van der Waals surface area contributed by atoms with Gasteiger partial charge in [0, 0.05) is 11.1 Å². The van der Waals surface area contributed by atoms with Crippen LogP contribution in [0.15, 0.2) is 31.0 Å². The largest absolute Gasteiger partial charge is 0.490 e. The van der Waals surface area contributed by atoms with Gasteiger partial charge in [0.15, 0.2) is 11.6 Å². The molecule has 4 nitrogen and oxygen atoms in total. The van der Waals surface area contributed by atoms with Gasteiger partial charge >= 0.3 is 5.97 Å². The summed E-state index contributed by atoms with van der Waals surface area (Å²) in [7, 11) is 0. The number of carboxylic acid groups (broad SMARTS) is 1. The molecule has 0 spiro atoms. The number of aryl methyl sites for hydroxylation is 1. The molecule has 0 aromatic heterocycles. The summed E-state index contributed by atoms with van der Waals surface area (Å²) in [5, 5.41) is 9.85. The number of hydrogen-bond donors (Lipinski definition) is 1. The topological polar surface area (TPSA) is 55.8 Å². The first kappa shape index (κ1) is 19.5. The molecule has 1 saturated carbocycles. The van der Waals surface area contributed by atoms with Crippen molar-refractivity contribution in [3.63, 3.8) is 0 Å². The fourth-order valence-electron chi connectivity index (χ4n) is 4.38. The van der Waals surface area contributed by atoms with Crippen molar-refractivity contribution in [3.8, 4) is 16.9 Å². The molecule has 1 fully saturated rings. The Morgan fingerprint density at radius 3 is 2.79 bits per heavy atom. The zero-order valence-corrected chi connectivity index (χ0v) is 16.8. The van der Waals surface area contributed by atoms with E-state index in [1.165, 1.54) is 6.07 Å². The van der Waals surface area contributed by atoms with Crippen LogP contribution in [0, 0.1) is 19.7 Å². The Kier molecular flexibility index (Phi) is 5.07. The van der Waals surface area contributed by atoms with Crippen LogP contribution in [0.5, 0.6) is 5.75 Å². The Balaban J connectivity index is 2.03. The molecule has 2 aromatic carbocycles. The van der Waals surface area contributed by atoms with Gasteiger partial charge in [0.05, 0.1) is 12.9 Å². The molecule has 0 amide bonds. The van der Waals surface area contributed by atoms with E-state index in [-0.39, 0.29) is 0 Å². The van der Waals surface area contributed by atoms with Crippen molar-refractivity contribution >= 4 is 5.97 Å². The second-order valence-corrected chi connectivity index (χ2v) is 7.85. The van der Waals surface area contributed by atoms with Crippen LogP contribution in [0.25, 0.3) is 11.1 Å². The highest BCUT2D eigenvalue weighted by atomic mass is 19.1. The van der Waals surface area contributed by atoms with Gasteiger partial charge < -0.3 is 14.6 Å². The van der Waals surface area contributed by atoms with Crippen molar-refractivity contribution in [2.24, 2.45) is 0 Å². The van der Waals surface area contributed by atoms with Crippen molar-refractivity contribution in [2.75, 3.05) is 6.61 Å². The van der Waals surface area contributed by atoms with Crippen LogP contribution >= 0.6 is 0 Å². The highest BCUT2D eigenvalue weighted by Crippen LogP contribution is 2.49. The van der Waals surface area contributed by atoms with Gasteiger partial charge in [-0.3, -0.25) is 0 Å². The van der Waals surface area contributed by atoms with Crippen molar-refractivity contribution in [2.45, 2.75) is 51.6 Å². The van der Waals surface area contributed by atoms with E-state index in [1.807, 2.05) is 26.0 Å². The molecule has 152 valence electrons. The lowest BCUT2D eigenvalue weighted by atomic mass is 9.83. The molecular weight excluding hydrogens is 371 g/mol. The molecule has 1 unspecified atom stereocenters. The average Bonchev–Trinajstić information content (AvgIpc) is 3.54. The average molecular weight is 396 g/mol. The second kappa shape index (κ2) is 7.54. The third-order valence-corrected chi connectivity index (χ3v) is 5.94. The van der Waals surface area contributed by atoms with E-state index >= 15 is 0 Å². The van der Waals surface area contributed by atoms with Crippen LogP contribution in [-0.2, 0) is 16.0 Å². The first-order chi connectivity index (χ1) is 13.9. The Labute approximate surface area is 170 Å². The minimum atomic E-state index is -1.20. The molecule has 2 aliphatic rings. The van der Waals surface area contributed by atoms with Gasteiger partial charge in [-0.25, -0.2) is 9.18 Å². The standard InChI is InChI=1S/C24H25FO4/c1-4-28-23(24(26)27)20-13(2)7-10-17(15-8-9-15)21(20)18-12-19(25)22-16(14(18)3)6-5-11-29-22/h4,7,10,12,15,23H,1,5-6,8-9,11H2,2-3H3,(H,26,27). The predicted molar refractivity (Wildman–Crippen MR) is 109 cm³/mol. The van der Waals surface area contributed by atoms with E-state index in [9.17, 15) is 14.3 Å². The van der Waals surface area contributed by atoms with Crippen LogP contribution in [0.2, 0.25) is 0 Å². The monoisotopic (exact) mass is 396 g/mol. The predicted octanol–water partition coefficient (Wildman–Crippen LogP) is 5.60. The maximum absolute atomic E-state index is 15.0. The molecule has 1 aliphatic heterocycles. The third-order valence-electron chi connectivity index (χ3n) is 5.94. The molecule has 0 bridgehead atoms. The van der Waals surface area contributed by atoms with Gasteiger partial charge in [0.1, 0.15) is 0 Å². The SMILES string of the molecule is C=COC(C(=O)O)c1c(C)ccc(C2CC2)c1-c1cc(F)c2c(c1C)CCCO2. The number of fused-ring (bicyclic) bond motifs is 1. The van der Waals surface area contributed by atoms with Gasteiger partial charge in [0.25, 0.3) is 0 Å². The summed E-state index contributed by atoms with van der Waals surface area (Å²) in [6, 6.07) is 5.48. The molecular formula is C24H25FO4. The van der Waals surface area contributed by atoms with E-state index in [0.29, 0.717) is 23.8 Å². The maximum atomic E-state index is 15.0. The molecule has 1 aliphatic carbocycles. The number of ether oxygens (including phenoxy) is 2. The van der Waals surface area contributed by atoms with Gasteiger partial charge in [0.2, 0.25) is 6.10 Å². The van der Waals surface area contributed by atoms with Crippen LogP contribution < -0.4 is 4.74 Å². The van der Waals surface area contributed by atoms with Crippen LogP contribution in [-0.4, -0.2) is 17.7 Å². The summed E-state index contributed by atoms with van der Waals surface area (Å²) in [5.41, 5.74) is 5.75. The van der Waals surface area contributed by atoms with Crippen LogP contribution in [0.1, 0.15) is 59.1 Å². The summed E-state index contributed by atoms with van der Waals surface area (Å²) in [4.78, 5) is 12.0. The molecule has 1 N–H and O–H groups in total. The van der Waals surface area contributed by atoms with Crippen molar-refractivity contribution in [1.82, 2.24) is 0 Å². The molecule has 0 saturated heterocycles. The molecule has 29 heavy (non-hydrogen) atoms. The molecule has 2 aromatic rings. The van der Waals surface area contributed by atoms with Crippen LogP contribution in [0.3, 0.4) is 0 Å². The third kappa shape index (κ3) is 3.39. The zero-order chi connectivity index (χ0) is 20.7. The highest BCUT2D eigenvalue weighted by Gasteiger charge is 2.34. The number of halogens is 1. The number of benzene rings is 2. The number of rotatable bonds is 6. The lowest BCUT2D eigenvalue weighted by molar-refractivity contribution is -0.147. The normalized spacial score (nSPS) is 16.5.